The van der Waals surface area contributed by atoms with Gasteiger partial charge in [-0.1, -0.05) is 0 Å². The van der Waals surface area contributed by atoms with Crippen LogP contribution in [0.25, 0.3) is 0 Å². The first-order valence-electron chi connectivity index (χ1n) is 5.63. The van der Waals surface area contributed by atoms with E-state index in [1.165, 1.54) is 24.3 Å². The Bertz CT molecular complexity index is 492. The van der Waals surface area contributed by atoms with Crippen molar-refractivity contribution in [2.75, 3.05) is 12.3 Å². The number of nitro benzene ring substituents is 1. The molecule has 1 amide bonds. The number of guanidine groups is 1. The molecule has 0 saturated heterocycles. The molecule has 0 fully saturated rings. The molecule has 1 aromatic rings. The van der Waals surface area contributed by atoms with Crippen LogP contribution in [0, 0.1) is 15.5 Å². The first-order valence-corrected chi connectivity index (χ1v) is 6.26. The molecule has 1 rings (SSSR count). The highest BCUT2D eigenvalue weighted by Gasteiger charge is 2.07. The lowest BCUT2D eigenvalue weighted by atomic mass is 10.2. The number of nitro groups is 1. The monoisotopic (exact) mass is 298 g/mol. The summed E-state index contributed by atoms with van der Waals surface area (Å²) in [7, 11) is 0. The van der Waals surface area contributed by atoms with Crippen molar-refractivity contribution in [2.24, 2.45) is 0 Å². The van der Waals surface area contributed by atoms with Gasteiger partial charge in [-0.15, -0.1) is 0 Å². The molecule has 8 nitrogen and oxygen atoms in total. The van der Waals surface area contributed by atoms with Crippen molar-refractivity contribution in [2.45, 2.75) is 6.61 Å². The van der Waals surface area contributed by atoms with E-state index >= 15 is 0 Å². The van der Waals surface area contributed by atoms with E-state index in [4.69, 9.17) is 10.1 Å². The third-order valence-electron chi connectivity index (χ3n) is 2.16. The largest absolute Gasteiger partial charge is 0.444 e. The van der Waals surface area contributed by atoms with Crippen LogP contribution in [0.15, 0.2) is 24.3 Å². The quantitative estimate of drug-likeness (QED) is 0.215. The summed E-state index contributed by atoms with van der Waals surface area (Å²) in [5.41, 5.74) is 0.580. The molecule has 0 atom stereocenters. The topological polar surface area (TPSA) is 117 Å². The van der Waals surface area contributed by atoms with Gasteiger partial charge in [0.1, 0.15) is 6.61 Å². The molecule has 0 radical (unpaired) electrons. The Labute approximate surface area is 120 Å². The second-order valence-electron chi connectivity index (χ2n) is 3.65. The third kappa shape index (κ3) is 5.57. The zero-order chi connectivity index (χ0) is 15.0. The Hall–Kier alpha value is -2.29. The summed E-state index contributed by atoms with van der Waals surface area (Å²) in [6.45, 7) is 0.411. The van der Waals surface area contributed by atoms with E-state index in [2.05, 4.69) is 23.3 Å². The molecular weight excluding hydrogens is 284 g/mol. The summed E-state index contributed by atoms with van der Waals surface area (Å²) in [6.07, 6.45) is -0.778. The van der Waals surface area contributed by atoms with Gasteiger partial charge in [-0.3, -0.25) is 20.8 Å². The van der Waals surface area contributed by atoms with Gasteiger partial charge in [-0.05, 0) is 17.7 Å². The summed E-state index contributed by atoms with van der Waals surface area (Å²) in [5, 5.41) is 22.6. The summed E-state index contributed by atoms with van der Waals surface area (Å²) in [6, 6.07) is 5.64. The number of hydrogen-bond acceptors (Lipinski definition) is 6. The van der Waals surface area contributed by atoms with Crippen molar-refractivity contribution in [1.82, 2.24) is 10.6 Å². The smallest absolute Gasteiger partial charge is 0.414 e. The van der Waals surface area contributed by atoms with Gasteiger partial charge in [0.25, 0.3) is 5.69 Å². The molecule has 20 heavy (non-hydrogen) atoms. The van der Waals surface area contributed by atoms with E-state index in [0.717, 1.165) is 0 Å². The molecule has 0 saturated carbocycles. The van der Waals surface area contributed by atoms with E-state index in [-0.39, 0.29) is 18.3 Å². The lowest BCUT2D eigenvalue weighted by Gasteiger charge is -2.09. The minimum absolute atomic E-state index is 0.0315. The Morgan fingerprint density at radius 1 is 1.40 bits per heavy atom. The van der Waals surface area contributed by atoms with Crippen LogP contribution in [-0.2, 0) is 11.3 Å². The van der Waals surface area contributed by atoms with Crippen LogP contribution in [0.3, 0.4) is 0 Å². The van der Waals surface area contributed by atoms with Crippen molar-refractivity contribution >= 4 is 30.4 Å². The van der Waals surface area contributed by atoms with E-state index in [0.29, 0.717) is 17.9 Å². The average Bonchev–Trinajstić information content (AvgIpc) is 2.43. The number of hydrogen-bond donors (Lipinski definition) is 4. The van der Waals surface area contributed by atoms with E-state index in [1.807, 2.05) is 0 Å². The maximum Gasteiger partial charge on any atom is 0.414 e. The number of alkyl carbamates (subject to hydrolysis) is 1. The Kier molecular flexibility index (Phi) is 6.30. The van der Waals surface area contributed by atoms with Crippen LogP contribution in [0.2, 0.25) is 0 Å². The number of ether oxygens (including phenoxy) is 1. The number of nitrogens with zero attached hydrogens (tertiary/aromatic N) is 1. The van der Waals surface area contributed by atoms with Crippen LogP contribution in [0.4, 0.5) is 10.5 Å². The number of benzene rings is 1. The summed E-state index contributed by atoms with van der Waals surface area (Å²) in [5.74, 6) is 0.356. The molecule has 1 aromatic carbocycles. The highest BCUT2D eigenvalue weighted by atomic mass is 32.1. The number of carbonyl (C=O) groups excluding carboxylic acids is 1. The van der Waals surface area contributed by atoms with Crippen LogP contribution < -0.4 is 10.6 Å². The molecule has 0 bridgehead atoms. The van der Waals surface area contributed by atoms with Gasteiger partial charge < -0.3 is 10.1 Å². The van der Waals surface area contributed by atoms with Crippen molar-refractivity contribution in [3.05, 3.63) is 39.9 Å². The number of rotatable bonds is 5. The fourth-order valence-electron chi connectivity index (χ4n) is 1.23. The minimum Gasteiger partial charge on any atom is -0.444 e. The standard InChI is InChI=1S/C11H14N4O4S/c12-10(13-5-6-20)14-11(16)19-7-8-1-3-9(4-2-8)15(17)18/h1-4,20H,5-7H2,(H3,12,13,14,16). The second kappa shape index (κ2) is 8.00. The molecule has 0 heterocycles. The molecule has 108 valence electrons. The summed E-state index contributed by atoms with van der Waals surface area (Å²) < 4.78 is 4.86. The summed E-state index contributed by atoms with van der Waals surface area (Å²) >= 11 is 3.95. The Morgan fingerprint density at radius 2 is 2.05 bits per heavy atom. The van der Waals surface area contributed by atoms with Gasteiger partial charge in [0.2, 0.25) is 0 Å². The molecule has 0 aliphatic heterocycles. The zero-order valence-electron chi connectivity index (χ0n) is 10.5. The molecular formula is C11H14N4O4S. The predicted octanol–water partition coefficient (Wildman–Crippen LogP) is 1.28. The van der Waals surface area contributed by atoms with Crippen molar-refractivity contribution in [1.29, 1.82) is 5.41 Å². The number of amides is 1. The second-order valence-corrected chi connectivity index (χ2v) is 4.10. The Balaban J connectivity index is 2.37. The van der Waals surface area contributed by atoms with Crippen molar-refractivity contribution < 1.29 is 14.5 Å². The predicted molar refractivity (Wildman–Crippen MR) is 76.0 cm³/mol. The lowest BCUT2D eigenvalue weighted by molar-refractivity contribution is -0.384. The van der Waals surface area contributed by atoms with Gasteiger partial charge in [-0.2, -0.15) is 12.6 Å². The molecule has 0 unspecified atom stereocenters. The minimum atomic E-state index is -0.778. The van der Waals surface area contributed by atoms with Crippen LogP contribution in [-0.4, -0.2) is 29.3 Å². The van der Waals surface area contributed by atoms with Gasteiger partial charge in [0, 0.05) is 24.4 Å². The zero-order valence-corrected chi connectivity index (χ0v) is 11.4. The van der Waals surface area contributed by atoms with Gasteiger partial charge >= 0.3 is 6.09 Å². The van der Waals surface area contributed by atoms with Gasteiger partial charge in [-0.25, -0.2) is 4.79 Å². The lowest BCUT2D eigenvalue weighted by Crippen LogP contribution is -2.41. The molecule has 3 N–H and O–H groups in total. The SMILES string of the molecule is N=C(NCCS)NC(=O)OCc1ccc([N+](=O)[O-])cc1. The molecule has 9 heteroatoms. The van der Waals surface area contributed by atoms with Gasteiger partial charge in [0.15, 0.2) is 5.96 Å². The maximum absolute atomic E-state index is 11.3. The van der Waals surface area contributed by atoms with Gasteiger partial charge in [0.05, 0.1) is 4.92 Å². The highest BCUT2D eigenvalue weighted by Crippen LogP contribution is 2.12. The normalized spacial score (nSPS) is 9.65. The van der Waals surface area contributed by atoms with E-state index < -0.39 is 11.0 Å². The first-order chi connectivity index (χ1) is 9.52. The molecule has 0 aromatic heterocycles. The number of nitrogens with one attached hydrogen (secondary N) is 3. The van der Waals surface area contributed by atoms with Crippen LogP contribution in [0.5, 0.6) is 0 Å². The summed E-state index contributed by atoms with van der Waals surface area (Å²) in [4.78, 5) is 21.3. The number of non-ortho nitro benzene ring substituents is 1. The van der Waals surface area contributed by atoms with Crippen molar-refractivity contribution in [3.63, 3.8) is 0 Å². The Morgan fingerprint density at radius 3 is 2.60 bits per heavy atom. The number of thiol groups is 1. The average molecular weight is 298 g/mol. The fraction of sp³-hybridized carbons (Fsp3) is 0.273. The molecule has 0 aliphatic carbocycles. The molecule has 0 spiro atoms. The van der Waals surface area contributed by atoms with Crippen molar-refractivity contribution in [3.8, 4) is 0 Å². The molecule has 0 aliphatic rings. The third-order valence-corrected chi connectivity index (χ3v) is 2.38. The fourth-order valence-corrected chi connectivity index (χ4v) is 1.34. The van der Waals surface area contributed by atoms with Crippen LogP contribution >= 0.6 is 12.6 Å². The maximum atomic E-state index is 11.3. The highest BCUT2D eigenvalue weighted by molar-refractivity contribution is 7.80. The van der Waals surface area contributed by atoms with E-state index in [9.17, 15) is 14.9 Å². The first kappa shape index (κ1) is 15.8. The van der Waals surface area contributed by atoms with Crippen LogP contribution in [0.1, 0.15) is 5.56 Å². The number of carbonyl (C=O) groups is 1. The van der Waals surface area contributed by atoms with E-state index in [1.54, 1.807) is 0 Å².